The van der Waals surface area contributed by atoms with Crippen molar-refractivity contribution in [1.29, 1.82) is 0 Å². The molecule has 0 unspecified atom stereocenters. The number of para-hydroxylation sites is 1. The van der Waals surface area contributed by atoms with Gasteiger partial charge in [-0.15, -0.1) is 0 Å². The van der Waals surface area contributed by atoms with Crippen molar-refractivity contribution < 1.29 is 23.9 Å². The Balaban J connectivity index is 2.64. The quantitative estimate of drug-likeness (QED) is 0.368. The van der Waals surface area contributed by atoms with Crippen LogP contribution >= 0.6 is 0 Å². The Kier molecular flexibility index (Phi) is 4.33. The van der Waals surface area contributed by atoms with E-state index in [4.69, 9.17) is 10.3 Å². The summed E-state index contributed by atoms with van der Waals surface area (Å²) < 4.78 is 11.2. The highest BCUT2D eigenvalue weighted by Crippen LogP contribution is 2.23. The minimum absolute atomic E-state index is 0.279. The maximum atomic E-state index is 12.4. The largest absolute Gasteiger partial charge is 0.460 e. The summed E-state index contributed by atoms with van der Waals surface area (Å²) in [5.41, 5.74) is 8.99. The number of ether oxygens (including phenoxy) is 2. The monoisotopic (exact) mass is 315 g/mol. The molecule has 0 saturated carbocycles. The molecule has 0 spiro atoms. The first-order valence-corrected chi connectivity index (χ1v) is 6.92. The average Bonchev–Trinajstić information content (AvgIpc) is 2.86. The van der Waals surface area contributed by atoms with E-state index in [1.807, 2.05) is 0 Å². The fraction of sp³-hybridized carbons (Fsp3) is 0.312. The van der Waals surface area contributed by atoms with Gasteiger partial charge in [0.2, 0.25) is 0 Å². The van der Waals surface area contributed by atoms with Gasteiger partial charge in [-0.2, -0.15) is 4.79 Å². The molecule has 0 aliphatic rings. The molecule has 120 valence electrons. The highest BCUT2D eigenvalue weighted by atomic mass is 16.6. The number of esters is 1. The van der Waals surface area contributed by atoms with Gasteiger partial charge < -0.3 is 15.0 Å². The van der Waals surface area contributed by atoms with Crippen LogP contribution in [0.25, 0.3) is 16.4 Å². The smallest absolute Gasteiger partial charge is 0.422 e. The standard InChI is InChI=1S/C16H17N3O4/c1-16(2,3)23-15(21)19-9-11(13(18-17)14(20)22-4)10-7-5-6-8-12(10)19/h5-9H,1-4H3. The lowest BCUT2D eigenvalue weighted by Gasteiger charge is -2.19. The molecule has 0 atom stereocenters. The lowest BCUT2D eigenvalue weighted by molar-refractivity contribution is -0.137. The molecule has 23 heavy (non-hydrogen) atoms. The second-order valence-electron chi connectivity index (χ2n) is 5.85. The predicted octanol–water partition coefficient (Wildman–Crippen LogP) is 2.62. The summed E-state index contributed by atoms with van der Waals surface area (Å²) in [6, 6.07) is 6.91. The van der Waals surface area contributed by atoms with Crippen LogP contribution in [0.1, 0.15) is 26.3 Å². The van der Waals surface area contributed by atoms with Crippen molar-refractivity contribution >= 4 is 28.7 Å². The summed E-state index contributed by atoms with van der Waals surface area (Å²) in [5.74, 6) is -0.806. The van der Waals surface area contributed by atoms with Crippen molar-refractivity contribution in [2.45, 2.75) is 26.4 Å². The van der Waals surface area contributed by atoms with E-state index in [1.165, 1.54) is 17.9 Å². The molecular weight excluding hydrogens is 298 g/mol. The second kappa shape index (κ2) is 6.06. The Morgan fingerprint density at radius 2 is 1.87 bits per heavy atom. The first kappa shape index (κ1) is 16.5. The highest BCUT2D eigenvalue weighted by Gasteiger charge is 2.30. The number of nitrogens with zero attached hydrogens (tertiary/aromatic N) is 3. The summed E-state index contributed by atoms with van der Waals surface area (Å²) in [6.07, 6.45) is 0.798. The van der Waals surface area contributed by atoms with Gasteiger partial charge in [0.15, 0.2) is 0 Å². The SMILES string of the molecule is COC(=O)C(=[N+]=[N-])c1cn(C(=O)OC(C)(C)C)c2ccccc12. The Morgan fingerprint density at radius 1 is 1.22 bits per heavy atom. The van der Waals surface area contributed by atoms with Gasteiger partial charge in [0.1, 0.15) is 5.60 Å². The number of fused-ring (bicyclic) bond motifs is 1. The molecule has 0 fully saturated rings. The number of carbonyl (C=O) groups is 2. The number of methoxy groups -OCH3 is 1. The van der Waals surface area contributed by atoms with Gasteiger partial charge in [0.05, 0.1) is 18.2 Å². The molecule has 1 aromatic carbocycles. The predicted molar refractivity (Wildman–Crippen MR) is 83.3 cm³/mol. The van der Waals surface area contributed by atoms with Gasteiger partial charge in [-0.1, -0.05) is 18.2 Å². The third kappa shape index (κ3) is 3.30. The van der Waals surface area contributed by atoms with Gasteiger partial charge in [-0.3, -0.25) is 4.57 Å². The van der Waals surface area contributed by atoms with Gasteiger partial charge in [0, 0.05) is 11.6 Å². The zero-order valence-corrected chi connectivity index (χ0v) is 13.4. The normalized spacial score (nSPS) is 11.0. The van der Waals surface area contributed by atoms with Crippen LogP contribution in [0, 0.1) is 0 Å². The maximum Gasteiger partial charge on any atom is 0.422 e. The summed E-state index contributed by atoms with van der Waals surface area (Å²) in [5, 5.41) is 0.566. The minimum atomic E-state index is -0.806. The molecular formula is C16H17N3O4. The van der Waals surface area contributed by atoms with Crippen LogP contribution in [0.3, 0.4) is 0 Å². The summed E-state index contributed by atoms with van der Waals surface area (Å²) in [6.45, 7) is 5.27. The van der Waals surface area contributed by atoms with Crippen LogP contribution in [0.15, 0.2) is 30.5 Å². The van der Waals surface area contributed by atoms with Crippen molar-refractivity contribution in [2.24, 2.45) is 0 Å². The Morgan fingerprint density at radius 3 is 2.43 bits per heavy atom. The van der Waals surface area contributed by atoms with Gasteiger partial charge in [-0.25, -0.2) is 9.59 Å². The summed E-state index contributed by atoms with van der Waals surface area (Å²) in [7, 11) is 1.18. The fourth-order valence-corrected chi connectivity index (χ4v) is 2.13. The molecule has 7 nitrogen and oxygen atoms in total. The topological polar surface area (TPSA) is 93.9 Å². The average molecular weight is 315 g/mol. The van der Waals surface area contributed by atoms with E-state index in [1.54, 1.807) is 45.0 Å². The van der Waals surface area contributed by atoms with Gasteiger partial charge in [-0.05, 0) is 26.8 Å². The molecule has 0 N–H and O–H groups in total. The summed E-state index contributed by atoms with van der Waals surface area (Å²) in [4.78, 5) is 27.1. The van der Waals surface area contributed by atoms with Crippen LogP contribution in [-0.4, -0.2) is 39.8 Å². The van der Waals surface area contributed by atoms with E-state index in [0.717, 1.165) is 0 Å². The molecule has 0 aliphatic carbocycles. The van der Waals surface area contributed by atoms with Crippen molar-refractivity contribution in [1.82, 2.24) is 4.57 Å². The third-order valence-corrected chi connectivity index (χ3v) is 3.04. The molecule has 0 saturated heterocycles. The maximum absolute atomic E-state index is 12.4. The van der Waals surface area contributed by atoms with Crippen LogP contribution in [0.2, 0.25) is 0 Å². The van der Waals surface area contributed by atoms with E-state index in [2.05, 4.69) is 9.53 Å². The van der Waals surface area contributed by atoms with Crippen molar-refractivity contribution in [2.75, 3.05) is 7.11 Å². The Hall–Kier alpha value is -2.92. The van der Waals surface area contributed by atoms with Crippen molar-refractivity contribution in [3.63, 3.8) is 0 Å². The van der Waals surface area contributed by atoms with Crippen molar-refractivity contribution in [3.8, 4) is 0 Å². The van der Waals surface area contributed by atoms with Gasteiger partial charge in [0.25, 0.3) is 0 Å². The van der Waals surface area contributed by atoms with Crippen LogP contribution < -0.4 is 0 Å². The number of rotatable bonds is 2. The second-order valence-corrected chi connectivity index (χ2v) is 5.85. The van der Waals surface area contributed by atoms with Crippen LogP contribution in [0.5, 0.6) is 0 Å². The molecule has 0 aliphatic heterocycles. The van der Waals surface area contributed by atoms with E-state index < -0.39 is 17.7 Å². The number of carbonyl (C=O) groups excluding carboxylic acids is 2. The van der Waals surface area contributed by atoms with Crippen LogP contribution in [-0.2, 0) is 14.3 Å². The zero-order chi connectivity index (χ0) is 17.2. The first-order valence-electron chi connectivity index (χ1n) is 6.92. The number of aromatic nitrogens is 1. The molecule has 0 radical (unpaired) electrons. The molecule has 2 aromatic rings. The highest BCUT2D eigenvalue weighted by molar-refractivity contribution is 6.43. The van der Waals surface area contributed by atoms with Gasteiger partial charge >= 0.3 is 17.8 Å². The zero-order valence-electron chi connectivity index (χ0n) is 13.4. The van der Waals surface area contributed by atoms with E-state index in [-0.39, 0.29) is 11.3 Å². The lowest BCUT2D eigenvalue weighted by atomic mass is 10.1. The molecule has 1 aromatic heterocycles. The van der Waals surface area contributed by atoms with E-state index in [9.17, 15) is 9.59 Å². The molecule has 0 amide bonds. The lowest BCUT2D eigenvalue weighted by Crippen LogP contribution is -2.26. The number of benzene rings is 1. The Bertz CT molecular complexity index is 823. The van der Waals surface area contributed by atoms with E-state index >= 15 is 0 Å². The van der Waals surface area contributed by atoms with Crippen LogP contribution in [0.4, 0.5) is 4.79 Å². The number of hydrogen-bond acceptors (Lipinski definition) is 4. The van der Waals surface area contributed by atoms with Crippen molar-refractivity contribution in [3.05, 3.63) is 41.6 Å². The third-order valence-electron chi connectivity index (χ3n) is 3.04. The Labute approximate surface area is 133 Å². The first-order chi connectivity index (χ1) is 10.8. The number of hydrogen-bond donors (Lipinski definition) is 0. The molecule has 2 rings (SSSR count). The van der Waals surface area contributed by atoms with E-state index in [0.29, 0.717) is 10.9 Å². The molecule has 1 heterocycles. The fourth-order valence-electron chi connectivity index (χ4n) is 2.13. The minimum Gasteiger partial charge on any atom is -0.460 e. The summed E-state index contributed by atoms with van der Waals surface area (Å²) >= 11 is 0. The molecule has 7 heteroatoms. The molecule has 0 bridgehead atoms.